The monoisotopic (exact) mass is 252 g/mol. The van der Waals surface area contributed by atoms with Gasteiger partial charge in [-0.25, -0.2) is 4.79 Å². The number of nitrogens with one attached hydrogen (secondary N) is 1. The second-order valence-corrected chi connectivity index (χ2v) is 4.17. The summed E-state index contributed by atoms with van der Waals surface area (Å²) in [4.78, 5) is 13.6. The SMILES string of the molecule is CC(C)OCCOc1cc2[nH]c(=O)oc2cc1N. The highest BCUT2D eigenvalue weighted by atomic mass is 16.5. The van der Waals surface area contributed by atoms with Gasteiger partial charge in [0.2, 0.25) is 0 Å². The second kappa shape index (κ2) is 5.14. The molecule has 0 radical (unpaired) electrons. The zero-order valence-corrected chi connectivity index (χ0v) is 10.4. The number of nitrogens with two attached hydrogens (primary N) is 1. The molecule has 0 saturated carbocycles. The van der Waals surface area contributed by atoms with Gasteiger partial charge in [0.05, 0.1) is 23.9 Å². The standard InChI is InChI=1S/C12H16N2O4/c1-7(2)16-3-4-17-10-6-9-11(5-8(10)13)18-12(15)14-9/h5-7H,3-4,13H2,1-2H3,(H,14,15). The molecule has 0 saturated heterocycles. The van der Waals surface area contributed by atoms with Crippen LogP contribution in [0.5, 0.6) is 5.75 Å². The number of aromatic nitrogens is 1. The van der Waals surface area contributed by atoms with Crippen LogP contribution in [0.4, 0.5) is 5.69 Å². The normalized spacial score (nSPS) is 11.3. The molecule has 6 nitrogen and oxygen atoms in total. The smallest absolute Gasteiger partial charge is 0.417 e. The van der Waals surface area contributed by atoms with E-state index in [1.165, 1.54) is 0 Å². The molecular weight excluding hydrogens is 236 g/mol. The summed E-state index contributed by atoms with van der Waals surface area (Å²) in [6.07, 6.45) is 0.165. The number of ether oxygens (including phenoxy) is 2. The van der Waals surface area contributed by atoms with Crippen molar-refractivity contribution in [2.75, 3.05) is 18.9 Å². The lowest BCUT2D eigenvalue weighted by atomic mass is 10.2. The Bertz CT molecular complexity index is 585. The van der Waals surface area contributed by atoms with E-state index >= 15 is 0 Å². The number of rotatable bonds is 5. The Labute approximate surface area is 104 Å². The molecule has 1 aromatic carbocycles. The molecule has 0 fully saturated rings. The van der Waals surface area contributed by atoms with Gasteiger partial charge in [-0.15, -0.1) is 0 Å². The van der Waals surface area contributed by atoms with Crippen LogP contribution in [0.15, 0.2) is 21.3 Å². The third kappa shape index (κ3) is 2.84. The van der Waals surface area contributed by atoms with Crippen molar-refractivity contribution in [3.8, 4) is 5.75 Å². The van der Waals surface area contributed by atoms with Crippen molar-refractivity contribution in [1.82, 2.24) is 4.98 Å². The van der Waals surface area contributed by atoms with Crippen molar-refractivity contribution < 1.29 is 13.9 Å². The molecule has 0 unspecified atom stereocenters. The van der Waals surface area contributed by atoms with Crippen LogP contribution in [0, 0.1) is 0 Å². The minimum Gasteiger partial charge on any atom is -0.489 e. The molecule has 98 valence electrons. The molecule has 0 spiro atoms. The predicted octanol–water partition coefficient (Wildman–Crippen LogP) is 1.51. The lowest BCUT2D eigenvalue weighted by molar-refractivity contribution is 0.0554. The Morgan fingerprint density at radius 1 is 1.39 bits per heavy atom. The molecule has 0 aliphatic rings. The van der Waals surface area contributed by atoms with Gasteiger partial charge in [-0.05, 0) is 13.8 Å². The molecule has 1 aromatic heterocycles. The lowest BCUT2D eigenvalue weighted by Gasteiger charge is -2.10. The molecule has 0 aliphatic carbocycles. The van der Waals surface area contributed by atoms with Crippen LogP contribution in [0.25, 0.3) is 11.1 Å². The first-order valence-electron chi connectivity index (χ1n) is 5.73. The Morgan fingerprint density at radius 3 is 2.89 bits per heavy atom. The zero-order chi connectivity index (χ0) is 13.1. The molecule has 0 amide bonds. The van der Waals surface area contributed by atoms with Crippen LogP contribution in [0.3, 0.4) is 0 Å². The summed E-state index contributed by atoms with van der Waals surface area (Å²) in [7, 11) is 0. The summed E-state index contributed by atoms with van der Waals surface area (Å²) < 4.78 is 15.7. The van der Waals surface area contributed by atoms with E-state index in [1.807, 2.05) is 13.8 Å². The minimum absolute atomic E-state index is 0.165. The van der Waals surface area contributed by atoms with E-state index in [4.69, 9.17) is 19.6 Å². The summed E-state index contributed by atoms with van der Waals surface area (Å²) >= 11 is 0. The van der Waals surface area contributed by atoms with Gasteiger partial charge in [-0.3, -0.25) is 4.98 Å². The van der Waals surface area contributed by atoms with Gasteiger partial charge in [0, 0.05) is 12.1 Å². The molecule has 2 rings (SSSR count). The highest BCUT2D eigenvalue weighted by Crippen LogP contribution is 2.26. The third-order valence-electron chi connectivity index (χ3n) is 2.34. The van der Waals surface area contributed by atoms with Crippen molar-refractivity contribution in [3.63, 3.8) is 0 Å². The van der Waals surface area contributed by atoms with E-state index in [2.05, 4.69) is 4.98 Å². The maximum Gasteiger partial charge on any atom is 0.417 e. The van der Waals surface area contributed by atoms with Gasteiger partial charge in [-0.1, -0.05) is 0 Å². The van der Waals surface area contributed by atoms with Crippen LogP contribution in [-0.4, -0.2) is 24.3 Å². The fraction of sp³-hybridized carbons (Fsp3) is 0.417. The quantitative estimate of drug-likeness (QED) is 0.621. The Kier molecular flexibility index (Phi) is 3.57. The maximum atomic E-state index is 11.0. The number of H-pyrrole nitrogens is 1. The molecule has 0 bridgehead atoms. The molecule has 1 heterocycles. The van der Waals surface area contributed by atoms with Crippen LogP contribution in [-0.2, 0) is 4.74 Å². The van der Waals surface area contributed by atoms with Crippen molar-refractivity contribution >= 4 is 16.8 Å². The van der Waals surface area contributed by atoms with Crippen molar-refractivity contribution in [1.29, 1.82) is 0 Å². The van der Waals surface area contributed by atoms with Gasteiger partial charge >= 0.3 is 5.76 Å². The van der Waals surface area contributed by atoms with E-state index in [0.717, 1.165) is 0 Å². The first-order valence-corrected chi connectivity index (χ1v) is 5.73. The number of benzene rings is 1. The topological polar surface area (TPSA) is 90.5 Å². The zero-order valence-electron chi connectivity index (χ0n) is 10.4. The van der Waals surface area contributed by atoms with E-state index in [9.17, 15) is 4.79 Å². The Hall–Kier alpha value is -1.95. The average Bonchev–Trinajstić information content (AvgIpc) is 2.63. The van der Waals surface area contributed by atoms with Crippen LogP contribution < -0.4 is 16.2 Å². The highest BCUT2D eigenvalue weighted by Gasteiger charge is 2.07. The summed E-state index contributed by atoms with van der Waals surface area (Å²) in [5, 5.41) is 0. The summed E-state index contributed by atoms with van der Waals surface area (Å²) in [5.41, 5.74) is 7.21. The summed E-state index contributed by atoms with van der Waals surface area (Å²) in [5.74, 6) is -0.00315. The average molecular weight is 252 g/mol. The molecule has 2 aromatic rings. The molecule has 0 atom stereocenters. The molecule has 3 N–H and O–H groups in total. The van der Waals surface area contributed by atoms with Crippen LogP contribution in [0.1, 0.15) is 13.8 Å². The van der Waals surface area contributed by atoms with E-state index < -0.39 is 5.76 Å². The van der Waals surface area contributed by atoms with Crippen LogP contribution >= 0.6 is 0 Å². The third-order valence-corrected chi connectivity index (χ3v) is 2.34. The molecular formula is C12H16N2O4. The van der Waals surface area contributed by atoms with Gasteiger partial charge < -0.3 is 19.6 Å². The predicted molar refractivity (Wildman–Crippen MR) is 67.8 cm³/mol. The number of fused-ring (bicyclic) bond motifs is 1. The van der Waals surface area contributed by atoms with Crippen molar-refractivity contribution in [2.24, 2.45) is 0 Å². The van der Waals surface area contributed by atoms with Crippen molar-refractivity contribution in [3.05, 3.63) is 22.7 Å². The number of hydrogen-bond acceptors (Lipinski definition) is 5. The molecule has 0 aliphatic heterocycles. The van der Waals surface area contributed by atoms with Gasteiger partial charge in [0.1, 0.15) is 12.4 Å². The van der Waals surface area contributed by atoms with Gasteiger partial charge in [0.15, 0.2) is 5.58 Å². The van der Waals surface area contributed by atoms with Crippen LogP contribution in [0.2, 0.25) is 0 Å². The van der Waals surface area contributed by atoms with E-state index in [0.29, 0.717) is 35.8 Å². The van der Waals surface area contributed by atoms with Gasteiger partial charge in [-0.2, -0.15) is 0 Å². The maximum absolute atomic E-state index is 11.0. The largest absolute Gasteiger partial charge is 0.489 e. The first-order chi connectivity index (χ1) is 8.56. The Balaban J connectivity index is 2.08. The summed E-state index contributed by atoms with van der Waals surface area (Å²) in [6, 6.07) is 3.21. The van der Waals surface area contributed by atoms with E-state index in [-0.39, 0.29) is 6.10 Å². The lowest BCUT2D eigenvalue weighted by Crippen LogP contribution is -2.11. The highest BCUT2D eigenvalue weighted by molar-refractivity contribution is 5.80. The van der Waals surface area contributed by atoms with Crippen molar-refractivity contribution in [2.45, 2.75) is 20.0 Å². The fourth-order valence-corrected chi connectivity index (χ4v) is 1.55. The number of oxazole rings is 1. The molecule has 18 heavy (non-hydrogen) atoms. The minimum atomic E-state index is -0.510. The Morgan fingerprint density at radius 2 is 2.17 bits per heavy atom. The molecule has 6 heteroatoms. The fourth-order valence-electron chi connectivity index (χ4n) is 1.55. The number of aromatic amines is 1. The number of nitrogen functional groups attached to an aromatic ring is 1. The number of anilines is 1. The van der Waals surface area contributed by atoms with E-state index in [1.54, 1.807) is 12.1 Å². The second-order valence-electron chi connectivity index (χ2n) is 4.17. The first kappa shape index (κ1) is 12.5. The van der Waals surface area contributed by atoms with Gasteiger partial charge in [0.25, 0.3) is 0 Å². The number of hydrogen-bond donors (Lipinski definition) is 2. The summed E-state index contributed by atoms with van der Waals surface area (Å²) in [6.45, 7) is 4.79.